The molecule has 0 fully saturated rings. The summed E-state index contributed by atoms with van der Waals surface area (Å²) in [5, 5.41) is 11.4. The summed E-state index contributed by atoms with van der Waals surface area (Å²) in [6, 6.07) is 8.54. The van der Waals surface area contributed by atoms with Crippen LogP contribution in [0.4, 0.5) is 4.39 Å². The van der Waals surface area contributed by atoms with Gasteiger partial charge in [-0.1, -0.05) is 6.07 Å². The lowest BCUT2D eigenvalue weighted by molar-refractivity contribution is 0.0696. The van der Waals surface area contributed by atoms with Gasteiger partial charge in [0, 0.05) is 12.6 Å². The first-order valence-corrected chi connectivity index (χ1v) is 7.00. The summed E-state index contributed by atoms with van der Waals surface area (Å²) in [7, 11) is 1.42. The zero-order valence-electron chi connectivity index (χ0n) is 12.7. The largest absolute Gasteiger partial charge is 0.493 e. The van der Waals surface area contributed by atoms with Gasteiger partial charge in [0.15, 0.2) is 0 Å². The molecule has 0 atom stereocenters. The van der Waals surface area contributed by atoms with Gasteiger partial charge < -0.3 is 15.2 Å². The average molecular weight is 317 g/mol. The van der Waals surface area contributed by atoms with Gasteiger partial charge in [-0.2, -0.15) is 0 Å². The van der Waals surface area contributed by atoms with E-state index in [0.717, 1.165) is 0 Å². The Morgan fingerprint density at radius 3 is 2.57 bits per heavy atom. The smallest absolute Gasteiger partial charge is 0.335 e. The fraction of sp³-hybridized carbons (Fsp3) is 0.176. The number of ether oxygens (including phenoxy) is 1. The fourth-order valence-electron chi connectivity index (χ4n) is 2.17. The van der Waals surface area contributed by atoms with Crippen LogP contribution < -0.4 is 10.1 Å². The van der Waals surface area contributed by atoms with Gasteiger partial charge in [-0.15, -0.1) is 0 Å². The number of aromatic carboxylic acids is 1. The molecule has 120 valence electrons. The van der Waals surface area contributed by atoms with Gasteiger partial charge in [-0.3, -0.25) is 4.79 Å². The lowest BCUT2D eigenvalue weighted by Gasteiger charge is -2.12. The highest BCUT2D eigenvalue weighted by Gasteiger charge is 2.15. The molecule has 0 aliphatic heterocycles. The molecule has 2 N–H and O–H groups in total. The minimum atomic E-state index is -1.07. The molecule has 0 unspecified atom stereocenters. The highest BCUT2D eigenvalue weighted by Crippen LogP contribution is 2.32. The third-order valence-electron chi connectivity index (χ3n) is 3.28. The first-order chi connectivity index (χ1) is 11.0. The molecular weight excluding hydrogens is 301 g/mol. The summed E-state index contributed by atoms with van der Waals surface area (Å²) in [5.41, 5.74) is 1.15. The Bertz CT molecular complexity index is 758. The third kappa shape index (κ3) is 3.48. The molecule has 0 aromatic heterocycles. The molecule has 0 aliphatic carbocycles. The van der Waals surface area contributed by atoms with Crippen molar-refractivity contribution in [1.29, 1.82) is 0 Å². The Hall–Kier alpha value is -2.89. The van der Waals surface area contributed by atoms with Crippen LogP contribution in [0.15, 0.2) is 36.4 Å². The van der Waals surface area contributed by atoms with Gasteiger partial charge in [0.1, 0.15) is 11.6 Å². The van der Waals surface area contributed by atoms with Gasteiger partial charge in [0.2, 0.25) is 0 Å². The van der Waals surface area contributed by atoms with E-state index >= 15 is 0 Å². The maximum atomic E-state index is 13.8. The van der Waals surface area contributed by atoms with Crippen molar-refractivity contribution < 1.29 is 23.8 Å². The molecule has 2 aromatic rings. The number of carboxylic acids is 1. The second-order valence-electron chi connectivity index (χ2n) is 4.72. The highest BCUT2D eigenvalue weighted by atomic mass is 19.1. The maximum absolute atomic E-state index is 13.8. The molecule has 0 spiro atoms. The molecular formula is C17H16FNO4. The van der Waals surface area contributed by atoms with Crippen molar-refractivity contribution in [2.24, 2.45) is 0 Å². The molecule has 5 nitrogen and oxygen atoms in total. The van der Waals surface area contributed by atoms with Crippen molar-refractivity contribution in [3.05, 3.63) is 53.3 Å². The molecule has 0 saturated carbocycles. The Morgan fingerprint density at radius 2 is 1.96 bits per heavy atom. The van der Waals surface area contributed by atoms with Crippen LogP contribution in [0.5, 0.6) is 5.75 Å². The first-order valence-electron chi connectivity index (χ1n) is 7.00. The monoisotopic (exact) mass is 317 g/mol. The minimum absolute atomic E-state index is 0.0882. The van der Waals surface area contributed by atoms with Gasteiger partial charge in [0.05, 0.1) is 17.7 Å². The predicted octanol–water partition coefficient (Wildman–Crippen LogP) is 2.95. The molecule has 0 bridgehead atoms. The zero-order valence-corrected chi connectivity index (χ0v) is 12.7. The van der Waals surface area contributed by atoms with Crippen molar-refractivity contribution >= 4 is 11.9 Å². The number of carbonyl (C=O) groups is 2. The lowest BCUT2D eigenvalue weighted by atomic mass is 10.00. The quantitative estimate of drug-likeness (QED) is 0.889. The predicted molar refractivity (Wildman–Crippen MR) is 83.4 cm³/mol. The minimum Gasteiger partial charge on any atom is -0.493 e. The number of amides is 1. The fourth-order valence-corrected chi connectivity index (χ4v) is 2.17. The Balaban J connectivity index is 2.57. The van der Waals surface area contributed by atoms with E-state index in [1.807, 2.05) is 0 Å². The molecule has 0 aliphatic rings. The molecule has 0 heterocycles. The van der Waals surface area contributed by atoms with Crippen LogP contribution in [0.1, 0.15) is 27.6 Å². The average Bonchev–Trinajstić information content (AvgIpc) is 2.55. The lowest BCUT2D eigenvalue weighted by Crippen LogP contribution is -2.19. The van der Waals surface area contributed by atoms with Gasteiger partial charge in [0.25, 0.3) is 5.91 Å². The van der Waals surface area contributed by atoms with E-state index in [9.17, 15) is 14.0 Å². The van der Waals surface area contributed by atoms with Crippen LogP contribution in [0.25, 0.3) is 11.1 Å². The number of carbonyl (C=O) groups excluding carboxylic acids is 1. The number of hydrogen-bond acceptors (Lipinski definition) is 3. The molecule has 0 saturated heterocycles. The number of benzene rings is 2. The van der Waals surface area contributed by atoms with Crippen LogP contribution in [-0.4, -0.2) is 30.6 Å². The summed E-state index contributed by atoms with van der Waals surface area (Å²) >= 11 is 0. The maximum Gasteiger partial charge on any atom is 0.335 e. The van der Waals surface area contributed by atoms with Gasteiger partial charge in [-0.25, -0.2) is 9.18 Å². The van der Waals surface area contributed by atoms with Crippen LogP contribution in [-0.2, 0) is 0 Å². The Labute approximate surface area is 132 Å². The van der Waals surface area contributed by atoms with E-state index in [1.54, 1.807) is 13.0 Å². The van der Waals surface area contributed by atoms with Crippen molar-refractivity contribution in [3.8, 4) is 16.9 Å². The number of hydrogen-bond donors (Lipinski definition) is 2. The molecule has 6 heteroatoms. The van der Waals surface area contributed by atoms with E-state index in [1.165, 1.54) is 37.4 Å². The summed E-state index contributed by atoms with van der Waals surface area (Å²) < 4.78 is 19.3. The molecule has 23 heavy (non-hydrogen) atoms. The normalized spacial score (nSPS) is 10.2. The summed E-state index contributed by atoms with van der Waals surface area (Å²) in [5.74, 6) is -1.87. The number of nitrogens with one attached hydrogen (secondary N) is 1. The standard InChI is InChI=1S/C17H16FNO4/c1-3-23-15-9-11(17(21)22)4-6-12(15)10-5-7-14(18)13(8-10)16(20)19-2/h4-9H,3H2,1-2H3,(H,19,20)(H,21,22). The SMILES string of the molecule is CCOc1cc(C(=O)O)ccc1-c1ccc(F)c(C(=O)NC)c1. The van der Waals surface area contributed by atoms with Crippen LogP contribution in [0.3, 0.4) is 0 Å². The van der Waals surface area contributed by atoms with Crippen molar-refractivity contribution in [2.75, 3.05) is 13.7 Å². The Kier molecular flexibility index (Phi) is 4.95. The summed E-state index contributed by atoms with van der Waals surface area (Å²) in [6.45, 7) is 2.12. The second-order valence-corrected chi connectivity index (χ2v) is 4.72. The topological polar surface area (TPSA) is 75.6 Å². The third-order valence-corrected chi connectivity index (χ3v) is 3.28. The summed E-state index contributed by atoms with van der Waals surface area (Å²) in [4.78, 5) is 22.8. The Morgan fingerprint density at radius 1 is 1.22 bits per heavy atom. The summed E-state index contributed by atoms with van der Waals surface area (Å²) in [6.07, 6.45) is 0. The van der Waals surface area contributed by atoms with Gasteiger partial charge >= 0.3 is 5.97 Å². The van der Waals surface area contributed by atoms with Crippen molar-refractivity contribution in [3.63, 3.8) is 0 Å². The van der Waals surface area contributed by atoms with Gasteiger partial charge in [-0.05, 0) is 42.8 Å². The van der Waals surface area contributed by atoms with E-state index in [0.29, 0.717) is 23.5 Å². The second kappa shape index (κ2) is 6.91. The molecule has 2 aromatic carbocycles. The highest BCUT2D eigenvalue weighted by molar-refractivity contribution is 5.96. The van der Waals surface area contributed by atoms with Crippen molar-refractivity contribution in [2.45, 2.75) is 6.92 Å². The number of carboxylic acid groups (broad SMARTS) is 1. The zero-order chi connectivity index (χ0) is 17.0. The number of rotatable bonds is 5. The molecule has 2 rings (SSSR count). The first kappa shape index (κ1) is 16.5. The van der Waals surface area contributed by atoms with Crippen LogP contribution in [0, 0.1) is 5.82 Å². The number of halogens is 1. The molecule has 1 amide bonds. The van der Waals surface area contributed by atoms with E-state index in [-0.39, 0.29) is 11.1 Å². The van der Waals surface area contributed by atoms with Crippen LogP contribution in [0.2, 0.25) is 0 Å². The van der Waals surface area contributed by atoms with Crippen molar-refractivity contribution in [1.82, 2.24) is 5.32 Å². The van der Waals surface area contributed by atoms with Crippen LogP contribution >= 0.6 is 0 Å². The van der Waals surface area contributed by atoms with E-state index in [2.05, 4.69) is 5.32 Å². The van der Waals surface area contributed by atoms with E-state index in [4.69, 9.17) is 9.84 Å². The van der Waals surface area contributed by atoms with E-state index < -0.39 is 17.7 Å². The molecule has 0 radical (unpaired) electrons.